The molecule has 4 heteroatoms. The van der Waals surface area contributed by atoms with Gasteiger partial charge in [-0.05, 0) is 0 Å². The molecule has 8 atom stereocenters. The van der Waals surface area contributed by atoms with Gasteiger partial charge in [-0.1, -0.05) is 0 Å². The van der Waals surface area contributed by atoms with Gasteiger partial charge in [0.1, 0.15) is 0 Å². The quantitative estimate of drug-likeness (QED) is 0.407. The van der Waals surface area contributed by atoms with Crippen LogP contribution in [-0.2, 0) is 11.3 Å². The maximum atomic E-state index is 12.1. The van der Waals surface area contributed by atoms with Gasteiger partial charge in [0.25, 0.3) is 0 Å². The predicted molar refractivity (Wildman–Crippen MR) is 55.2 cm³/mol. The molecule has 8 unspecified atom stereocenters. The van der Waals surface area contributed by atoms with Crippen molar-refractivity contribution in [2.45, 2.75) is 46.1 Å². The molecule has 10 heterocycles. The molecule has 0 N–H and O–H groups in total. The van der Waals surface area contributed by atoms with Gasteiger partial charge >= 0.3 is 90.1 Å². The zero-order chi connectivity index (χ0) is 9.51. The number of hydrogen-bond acceptors (Lipinski definition) is 1. The molecule has 0 aromatic carbocycles. The van der Waals surface area contributed by atoms with Gasteiger partial charge in [-0.15, -0.1) is 0 Å². The molecule has 0 radical (unpaired) electrons. The van der Waals surface area contributed by atoms with Crippen molar-refractivity contribution in [3.63, 3.8) is 0 Å². The molecular weight excluding hydrogens is 319 g/mol. The Balaban J connectivity index is 1.93. The van der Waals surface area contributed by atoms with Crippen LogP contribution in [0.1, 0.15) is 0 Å². The van der Waals surface area contributed by atoms with Crippen molar-refractivity contribution in [1.29, 1.82) is 0 Å². The summed E-state index contributed by atoms with van der Waals surface area (Å²) in [4.78, 5) is 20.9. The first-order chi connectivity index (χ1) is 6.87. The molecule has 10 fully saturated rings. The van der Waals surface area contributed by atoms with E-state index >= 15 is 0 Å². The van der Waals surface area contributed by atoms with Gasteiger partial charge in [0, 0.05) is 0 Å². The third-order valence-corrected chi connectivity index (χ3v) is 65.2. The third-order valence-electron chi connectivity index (χ3n) is 14.9. The van der Waals surface area contributed by atoms with Crippen molar-refractivity contribution in [3.8, 4) is 0 Å². The van der Waals surface area contributed by atoms with E-state index in [-0.39, 0.29) is 9.56 Å². The number of hydrogen-bond donors (Lipinski definition) is 0. The Bertz CT molecular complexity index is 1010. The molecule has 0 amide bonds. The van der Waals surface area contributed by atoms with Crippen LogP contribution in [0.2, 0.25) is 42.8 Å². The second kappa shape index (κ2) is 0.404. The minimum atomic E-state index is -3.32. The molecule has 0 aromatic rings. The van der Waals surface area contributed by atoms with Crippen LogP contribution in [-0.4, -0.2) is 8.47 Å². The molecule has 80 valence electrons. The minimum absolute atomic E-state index is 0.160. The van der Waals surface area contributed by atoms with E-state index in [4.69, 9.17) is 11.6 Å². The summed E-state index contributed by atoms with van der Waals surface area (Å²) < 4.78 is 0.880. The summed E-state index contributed by atoms with van der Waals surface area (Å²) in [5, 5.41) is 0.160. The Morgan fingerprint density at radius 2 is 1.53 bits per heavy atom. The molecule has 10 saturated heterocycles. The summed E-state index contributed by atoms with van der Waals surface area (Å²) in [5.41, 5.74) is 0. The first-order valence-corrected chi connectivity index (χ1v) is 13.3. The summed E-state index contributed by atoms with van der Waals surface area (Å²) in [6, 6.07) is 0. The van der Waals surface area contributed by atoms with E-state index in [0.29, 0.717) is 3.22 Å². The zero-order valence-electron chi connectivity index (χ0n) is 7.64. The van der Waals surface area contributed by atoms with Gasteiger partial charge in [-0.3, -0.25) is 0 Å². The Labute approximate surface area is 89.7 Å². The van der Waals surface area contributed by atoms with Crippen LogP contribution in [0, 0.1) is 0 Å². The van der Waals surface area contributed by atoms with Crippen molar-refractivity contribution in [2.75, 3.05) is 0 Å². The van der Waals surface area contributed by atoms with Crippen molar-refractivity contribution in [2.24, 2.45) is 0 Å². The zero-order valence-corrected chi connectivity index (χ0v) is 11.1. The summed E-state index contributed by atoms with van der Waals surface area (Å²) >= 11 is 10.3. The van der Waals surface area contributed by atoms with Crippen LogP contribution in [0.4, 0.5) is 0 Å². The maximum absolute atomic E-state index is 12.1. The summed E-state index contributed by atoms with van der Waals surface area (Å²) in [7, 11) is 0. The van der Waals surface area contributed by atoms with Crippen LogP contribution in [0.15, 0.2) is 0 Å². The van der Waals surface area contributed by atoms with E-state index in [9.17, 15) is 4.79 Å². The van der Waals surface area contributed by atoms with Crippen LogP contribution in [0.25, 0.3) is 0 Å². The average Bonchev–Trinajstić information content (AvgIpc) is 3.10. The molecule has 0 aliphatic carbocycles. The Morgan fingerprint density at radius 3 is 1.60 bits per heavy atom. The number of halogens is 2. The first-order valence-electron chi connectivity index (χ1n) is 5.97. The van der Waals surface area contributed by atoms with Crippen molar-refractivity contribution >= 4 is 32.8 Å². The predicted octanol–water partition coefficient (Wildman–Crippen LogP) is 3.81. The van der Waals surface area contributed by atoms with E-state index in [2.05, 4.69) is 15.9 Å². The van der Waals surface area contributed by atoms with Gasteiger partial charge in [-0.2, -0.15) is 0 Å². The first kappa shape index (κ1) is 5.73. The van der Waals surface area contributed by atoms with E-state index in [1.807, 2.05) is 0 Å². The molecule has 0 bridgehead atoms. The van der Waals surface area contributed by atoms with Crippen LogP contribution in [0.5, 0.6) is 0 Å². The Kier molecular flexibility index (Phi) is 0.154. The van der Waals surface area contributed by atoms with Crippen molar-refractivity contribution in [1.82, 2.24) is 0 Å². The standard InChI is InChI=1S/C6H4ClO.C5H4Br.Fe/c7-6(8)5-3-1-2-4-5;6-5-3-1-2-4-5;/h1-4H;1-4H;. The summed E-state index contributed by atoms with van der Waals surface area (Å²) in [6.07, 6.45) is 0. The van der Waals surface area contributed by atoms with E-state index in [0.717, 1.165) is 38.5 Å². The van der Waals surface area contributed by atoms with Gasteiger partial charge in [0.05, 0.1) is 0 Å². The summed E-state index contributed by atoms with van der Waals surface area (Å²) in [5.74, 6) is 0. The van der Waals surface area contributed by atoms with Crippen molar-refractivity contribution < 1.29 is 11.3 Å². The topological polar surface area (TPSA) is 17.1 Å². The fourth-order valence-corrected chi connectivity index (χ4v) is 105. The Morgan fingerprint density at radius 1 is 1.07 bits per heavy atom. The van der Waals surface area contributed by atoms with Crippen LogP contribution < -0.4 is 0 Å². The fraction of sp³-hybridized carbons (Fsp3) is 0.909. The van der Waals surface area contributed by atoms with E-state index in [1.54, 1.807) is 0 Å². The average molecular weight is 327 g/mol. The summed E-state index contributed by atoms with van der Waals surface area (Å²) in [6.45, 7) is -3.32. The van der Waals surface area contributed by atoms with Gasteiger partial charge in [0.2, 0.25) is 0 Å². The fourth-order valence-electron chi connectivity index (χ4n) is 16.8. The van der Waals surface area contributed by atoms with Gasteiger partial charge in [0.15, 0.2) is 0 Å². The van der Waals surface area contributed by atoms with Crippen LogP contribution >= 0.6 is 27.5 Å². The molecule has 10 aliphatic heterocycles. The number of carbonyl (C=O) groups excluding carboxylic acids is 1. The second-order valence-electron chi connectivity index (χ2n) is 9.96. The second-order valence-corrected chi connectivity index (χ2v) is 35.5. The third kappa shape index (κ3) is 0.0463. The molecule has 15 heavy (non-hydrogen) atoms. The van der Waals surface area contributed by atoms with Crippen molar-refractivity contribution in [3.05, 3.63) is 0 Å². The SMILES string of the molecule is O=C(Cl)[C]12[CH]3[CH]4[CH]5[CH]1[Fe]45321678[CH]2[CH]1[CH]6[C]7(Br)[CH]28. The number of rotatable bonds is 1. The van der Waals surface area contributed by atoms with Gasteiger partial charge < -0.3 is 0 Å². The van der Waals surface area contributed by atoms with Gasteiger partial charge in [-0.25, -0.2) is 0 Å². The number of carbonyl (C=O) groups is 1. The molecule has 10 rings (SSSR count). The molecular formula is C11H8BrClFeO. The Hall–Kier alpha value is 0.959. The van der Waals surface area contributed by atoms with E-state index < -0.39 is 6.51 Å². The normalized spacial score (nSPS) is 138. The molecule has 1 spiro atoms. The monoisotopic (exact) mass is 326 g/mol. The van der Waals surface area contributed by atoms with E-state index in [1.165, 1.54) is 0 Å². The number of alkyl halides is 1. The number of fused-ring (bicyclic) bond motifs is 10. The van der Waals surface area contributed by atoms with Crippen LogP contribution in [0.3, 0.4) is 0 Å². The molecule has 0 saturated carbocycles. The molecule has 1 nitrogen and oxygen atoms in total. The molecule has 10 aliphatic rings. The molecule has 0 aromatic heterocycles.